The van der Waals surface area contributed by atoms with Crippen LogP contribution in [0.3, 0.4) is 0 Å². The van der Waals surface area contributed by atoms with Gasteiger partial charge in [0.1, 0.15) is 12.4 Å². The van der Waals surface area contributed by atoms with E-state index in [0.29, 0.717) is 35.2 Å². The molecule has 34 heavy (non-hydrogen) atoms. The molecule has 0 unspecified atom stereocenters. The highest BCUT2D eigenvalue weighted by molar-refractivity contribution is 6.03. The lowest BCUT2D eigenvalue weighted by molar-refractivity contribution is 0.102. The number of nitrogens with zero attached hydrogens (tertiary/aromatic N) is 4. The van der Waals surface area contributed by atoms with Crippen molar-refractivity contribution in [3.8, 4) is 17.5 Å². The van der Waals surface area contributed by atoms with E-state index >= 15 is 0 Å². The van der Waals surface area contributed by atoms with Crippen LogP contribution in [-0.2, 0) is 6.61 Å². The third-order valence-electron chi connectivity index (χ3n) is 5.74. The van der Waals surface area contributed by atoms with Gasteiger partial charge in [0.15, 0.2) is 5.69 Å². The second-order valence-corrected chi connectivity index (χ2v) is 8.42. The molecule has 1 fully saturated rings. The average Bonchev–Trinajstić information content (AvgIpc) is 3.61. The van der Waals surface area contributed by atoms with Gasteiger partial charge in [0.2, 0.25) is 0 Å². The number of carbonyl (C=O) groups is 1. The summed E-state index contributed by atoms with van der Waals surface area (Å²) in [4.78, 5) is 13.0. The van der Waals surface area contributed by atoms with E-state index in [0.717, 1.165) is 35.3 Å². The van der Waals surface area contributed by atoms with E-state index in [9.17, 15) is 4.79 Å². The van der Waals surface area contributed by atoms with Gasteiger partial charge in [-0.05, 0) is 73.9 Å². The zero-order valence-corrected chi connectivity index (χ0v) is 18.7. The number of rotatable bonds is 7. The van der Waals surface area contributed by atoms with Crippen LogP contribution in [-0.4, -0.2) is 20.9 Å². The molecule has 5 rings (SSSR count). The Morgan fingerprint density at radius 1 is 1.12 bits per heavy atom. The highest BCUT2D eigenvalue weighted by atomic mass is 16.5. The molecular weight excluding hydrogens is 426 g/mol. The minimum Gasteiger partial charge on any atom is -0.489 e. The van der Waals surface area contributed by atoms with Gasteiger partial charge >= 0.3 is 0 Å². The highest BCUT2D eigenvalue weighted by Crippen LogP contribution is 2.42. The fraction of sp³-hybridized carbons (Fsp3) is 0.185. The van der Waals surface area contributed by atoms with Crippen molar-refractivity contribution in [1.29, 1.82) is 5.26 Å². The Bertz CT molecular complexity index is 1360. The third kappa shape index (κ3) is 4.66. The molecule has 4 aromatic rings. The van der Waals surface area contributed by atoms with Crippen molar-refractivity contribution in [2.75, 3.05) is 5.32 Å². The topological polar surface area (TPSA) is 92.8 Å². The largest absolute Gasteiger partial charge is 0.489 e. The van der Waals surface area contributed by atoms with Crippen molar-refractivity contribution >= 4 is 11.6 Å². The maximum absolute atomic E-state index is 13.0. The smallest absolute Gasteiger partial charge is 0.278 e. The van der Waals surface area contributed by atoms with Crippen LogP contribution in [0.25, 0.3) is 5.69 Å². The van der Waals surface area contributed by atoms with Gasteiger partial charge in [-0.1, -0.05) is 35.0 Å². The van der Waals surface area contributed by atoms with E-state index < -0.39 is 0 Å². The van der Waals surface area contributed by atoms with E-state index in [1.165, 1.54) is 0 Å². The van der Waals surface area contributed by atoms with Crippen molar-refractivity contribution in [2.24, 2.45) is 0 Å². The van der Waals surface area contributed by atoms with Gasteiger partial charge in [0.25, 0.3) is 5.91 Å². The average molecular weight is 450 g/mol. The first-order valence-corrected chi connectivity index (χ1v) is 11.2. The molecule has 0 spiro atoms. The molecule has 1 heterocycles. The Morgan fingerprint density at radius 3 is 2.59 bits per heavy atom. The number of ether oxygens (including phenoxy) is 1. The predicted molar refractivity (Wildman–Crippen MR) is 128 cm³/mol. The van der Waals surface area contributed by atoms with Crippen LogP contribution >= 0.6 is 0 Å². The van der Waals surface area contributed by atoms with Crippen LogP contribution in [0.1, 0.15) is 51.6 Å². The second kappa shape index (κ2) is 9.20. The maximum atomic E-state index is 13.0. The molecule has 0 radical (unpaired) electrons. The van der Waals surface area contributed by atoms with Crippen molar-refractivity contribution in [1.82, 2.24) is 15.0 Å². The number of hydrogen-bond acceptors (Lipinski definition) is 5. The number of anilines is 1. The van der Waals surface area contributed by atoms with Gasteiger partial charge in [-0.25, -0.2) is 4.68 Å². The molecule has 0 aliphatic heterocycles. The normalized spacial score (nSPS) is 12.7. The van der Waals surface area contributed by atoms with E-state index in [1.54, 1.807) is 41.1 Å². The second-order valence-electron chi connectivity index (χ2n) is 8.42. The first-order chi connectivity index (χ1) is 16.6. The number of nitriles is 1. The first kappa shape index (κ1) is 21.4. The van der Waals surface area contributed by atoms with Crippen LogP contribution < -0.4 is 10.1 Å². The van der Waals surface area contributed by atoms with Crippen LogP contribution in [0.4, 0.5) is 5.69 Å². The monoisotopic (exact) mass is 449 g/mol. The Hall–Kier alpha value is -4.44. The summed E-state index contributed by atoms with van der Waals surface area (Å²) in [5.74, 6) is 0.693. The number of aryl methyl sites for hydroxylation is 1. The van der Waals surface area contributed by atoms with Crippen LogP contribution in [0.5, 0.6) is 5.75 Å². The molecule has 7 heteroatoms. The van der Waals surface area contributed by atoms with Crippen molar-refractivity contribution in [3.05, 3.63) is 101 Å². The van der Waals surface area contributed by atoms with Gasteiger partial charge in [-0.3, -0.25) is 4.79 Å². The molecule has 0 bridgehead atoms. The molecule has 1 aliphatic rings. The Kier molecular flexibility index (Phi) is 5.79. The SMILES string of the molecule is Cc1ccc(-n2nnc(C(=O)Nc3ccc(OCc4cccc(C#N)c4)cc3)c2C2CC2)cc1. The van der Waals surface area contributed by atoms with Crippen molar-refractivity contribution in [2.45, 2.75) is 32.3 Å². The lowest BCUT2D eigenvalue weighted by Crippen LogP contribution is -2.15. The molecule has 7 nitrogen and oxygen atoms in total. The minimum absolute atomic E-state index is 0.276. The summed E-state index contributed by atoms with van der Waals surface area (Å²) in [7, 11) is 0. The first-order valence-electron chi connectivity index (χ1n) is 11.2. The summed E-state index contributed by atoms with van der Waals surface area (Å²) >= 11 is 0. The van der Waals surface area contributed by atoms with E-state index in [-0.39, 0.29) is 5.91 Å². The summed E-state index contributed by atoms with van der Waals surface area (Å²) in [6.07, 6.45) is 2.06. The Morgan fingerprint density at radius 2 is 1.88 bits per heavy atom. The zero-order valence-electron chi connectivity index (χ0n) is 18.7. The van der Waals surface area contributed by atoms with Gasteiger partial charge in [-0.2, -0.15) is 5.26 Å². The molecule has 1 aliphatic carbocycles. The molecule has 168 valence electrons. The predicted octanol–water partition coefficient (Wildman–Crippen LogP) is 5.16. The van der Waals surface area contributed by atoms with Crippen LogP contribution in [0, 0.1) is 18.3 Å². The third-order valence-corrected chi connectivity index (χ3v) is 5.74. The lowest BCUT2D eigenvalue weighted by Gasteiger charge is -2.09. The molecule has 1 amide bonds. The van der Waals surface area contributed by atoms with Gasteiger partial charge in [-0.15, -0.1) is 5.10 Å². The summed E-state index contributed by atoms with van der Waals surface area (Å²) in [5, 5.41) is 20.4. The fourth-order valence-electron chi connectivity index (χ4n) is 3.77. The Balaban J connectivity index is 1.27. The fourth-order valence-corrected chi connectivity index (χ4v) is 3.77. The summed E-state index contributed by atoms with van der Waals surface area (Å²) < 4.78 is 7.59. The standard InChI is InChI=1S/C27H23N5O2/c1-18-5-11-23(12-6-18)32-26(21-7-8-21)25(30-31-32)27(33)29-22-9-13-24(14-10-22)34-17-20-4-2-3-19(15-20)16-28/h2-6,9-15,21H,7-8,17H2,1H3,(H,29,33). The molecule has 0 atom stereocenters. The highest BCUT2D eigenvalue weighted by Gasteiger charge is 2.34. The number of hydrogen-bond donors (Lipinski definition) is 1. The number of benzene rings is 3. The van der Waals surface area contributed by atoms with Crippen LogP contribution in [0.2, 0.25) is 0 Å². The molecule has 1 aromatic heterocycles. The summed E-state index contributed by atoms with van der Waals surface area (Å²) in [6, 6.07) is 24.7. The maximum Gasteiger partial charge on any atom is 0.278 e. The summed E-state index contributed by atoms with van der Waals surface area (Å²) in [6.45, 7) is 2.39. The molecule has 1 saturated carbocycles. The molecule has 3 aromatic carbocycles. The van der Waals surface area contributed by atoms with E-state index in [4.69, 9.17) is 10.00 Å². The molecule has 0 saturated heterocycles. The Labute approximate surface area is 197 Å². The van der Waals surface area contributed by atoms with E-state index in [2.05, 4.69) is 21.7 Å². The van der Waals surface area contributed by atoms with Crippen LogP contribution in [0.15, 0.2) is 72.8 Å². The number of nitrogens with one attached hydrogen (secondary N) is 1. The minimum atomic E-state index is -0.276. The van der Waals surface area contributed by atoms with Crippen molar-refractivity contribution < 1.29 is 9.53 Å². The number of aromatic nitrogens is 3. The van der Waals surface area contributed by atoms with E-state index in [1.807, 2.05) is 43.3 Å². The number of amides is 1. The van der Waals surface area contributed by atoms with Gasteiger partial charge < -0.3 is 10.1 Å². The van der Waals surface area contributed by atoms with Gasteiger partial charge in [0.05, 0.1) is 23.0 Å². The number of carbonyl (C=O) groups excluding carboxylic acids is 1. The van der Waals surface area contributed by atoms with Gasteiger partial charge in [0, 0.05) is 11.6 Å². The molecule has 1 N–H and O–H groups in total. The lowest BCUT2D eigenvalue weighted by atomic mass is 10.1. The molecular formula is C27H23N5O2. The summed E-state index contributed by atoms with van der Waals surface area (Å²) in [5.41, 5.74) is 5.46. The zero-order chi connectivity index (χ0) is 23.5. The quantitative estimate of drug-likeness (QED) is 0.421. The van der Waals surface area contributed by atoms with Crippen molar-refractivity contribution in [3.63, 3.8) is 0 Å².